The number of esters is 1. The molecule has 1 heterocycles. The highest BCUT2D eigenvalue weighted by atomic mass is 16.5. The fourth-order valence-corrected chi connectivity index (χ4v) is 5.88. The highest BCUT2D eigenvalue weighted by Gasteiger charge is 2.32. The molecule has 12 heteroatoms. The van der Waals surface area contributed by atoms with Crippen molar-refractivity contribution in [2.75, 3.05) is 26.9 Å². The van der Waals surface area contributed by atoms with Crippen molar-refractivity contribution >= 4 is 29.0 Å². The van der Waals surface area contributed by atoms with E-state index < -0.39 is 24.3 Å². The van der Waals surface area contributed by atoms with Gasteiger partial charge < -0.3 is 39.4 Å². The first-order valence-corrected chi connectivity index (χ1v) is 17.0. The molecule has 0 saturated heterocycles. The number of ether oxygens (including phenoxy) is 5. The molecule has 4 aromatic carbocycles. The number of hydrogen-bond acceptors (Lipinski definition) is 10. The summed E-state index contributed by atoms with van der Waals surface area (Å²) in [6.07, 6.45) is 2.75. The number of aliphatic hydroxyl groups is 1. The summed E-state index contributed by atoms with van der Waals surface area (Å²) < 4.78 is 29.0. The molecule has 52 heavy (non-hydrogen) atoms. The molecular formula is C40H44N4O8. The molecular weight excluding hydrogens is 664 g/mol. The van der Waals surface area contributed by atoms with Gasteiger partial charge in [-0.1, -0.05) is 54.6 Å². The lowest BCUT2D eigenvalue weighted by Gasteiger charge is -2.28. The number of nitrogens with one attached hydrogen (secondary N) is 3. The fraction of sp³-hybridized carbons (Fsp3) is 0.275. The molecule has 1 aliphatic heterocycles. The summed E-state index contributed by atoms with van der Waals surface area (Å²) in [4.78, 5) is 24.8. The smallest absolute Gasteiger partial charge is 0.337 e. The summed E-state index contributed by atoms with van der Waals surface area (Å²) in [7, 11) is 1.28. The molecule has 0 radical (unpaired) electrons. The molecule has 0 unspecified atom stereocenters. The van der Waals surface area contributed by atoms with E-state index in [1.165, 1.54) is 7.11 Å². The lowest BCUT2D eigenvalue weighted by atomic mass is 9.95. The van der Waals surface area contributed by atoms with E-state index in [0.29, 0.717) is 60.5 Å². The molecule has 0 aliphatic carbocycles. The molecule has 0 fully saturated rings. The molecule has 0 aromatic heterocycles. The van der Waals surface area contributed by atoms with E-state index in [4.69, 9.17) is 23.7 Å². The zero-order chi connectivity index (χ0) is 37.0. The third-order valence-electron chi connectivity index (χ3n) is 8.18. The molecule has 5 rings (SSSR count). The number of methoxy groups -OCH3 is 1. The van der Waals surface area contributed by atoms with Crippen LogP contribution in [0.2, 0.25) is 0 Å². The van der Waals surface area contributed by atoms with Gasteiger partial charge in [0.25, 0.3) is 0 Å². The minimum absolute atomic E-state index is 0.167. The SMILES string of the molecule is C=CCc1cc(/C=N\N[C@H](O)COc2ccc([C@@H]3NC(=O)NC(C)=C3C(=O)OC)cc2OCC)cc(OCC)c1OCc1cccc2ccccc12. The van der Waals surface area contributed by atoms with Gasteiger partial charge in [0.15, 0.2) is 29.2 Å². The minimum atomic E-state index is -1.17. The van der Waals surface area contributed by atoms with Crippen molar-refractivity contribution in [3.8, 4) is 23.0 Å². The third kappa shape index (κ3) is 9.01. The predicted molar refractivity (Wildman–Crippen MR) is 199 cm³/mol. The van der Waals surface area contributed by atoms with Crippen molar-refractivity contribution in [1.29, 1.82) is 0 Å². The van der Waals surface area contributed by atoms with Crippen molar-refractivity contribution in [2.24, 2.45) is 5.10 Å². The fourth-order valence-electron chi connectivity index (χ4n) is 5.88. The van der Waals surface area contributed by atoms with Gasteiger partial charge in [0.05, 0.1) is 38.2 Å². The normalized spacial score (nSPS) is 14.7. The van der Waals surface area contributed by atoms with Gasteiger partial charge in [-0.15, -0.1) is 6.58 Å². The van der Waals surface area contributed by atoms with Crippen LogP contribution in [0.5, 0.6) is 23.0 Å². The number of allylic oxidation sites excluding steroid dienone is 2. The summed E-state index contributed by atoms with van der Waals surface area (Å²) in [5.41, 5.74) is 6.60. The van der Waals surface area contributed by atoms with Crippen LogP contribution in [-0.4, -0.2) is 56.5 Å². The molecule has 0 saturated carbocycles. The van der Waals surface area contributed by atoms with Gasteiger partial charge in [0.2, 0.25) is 0 Å². The molecule has 0 spiro atoms. The molecule has 4 aromatic rings. The van der Waals surface area contributed by atoms with Crippen molar-refractivity contribution in [1.82, 2.24) is 16.1 Å². The lowest BCUT2D eigenvalue weighted by molar-refractivity contribution is -0.136. The van der Waals surface area contributed by atoms with Crippen LogP contribution in [0, 0.1) is 0 Å². The number of rotatable bonds is 17. The van der Waals surface area contributed by atoms with E-state index in [9.17, 15) is 14.7 Å². The molecule has 1 aliphatic rings. The number of hydrazone groups is 1. The molecule has 0 bridgehead atoms. The lowest BCUT2D eigenvalue weighted by Crippen LogP contribution is -2.45. The maximum Gasteiger partial charge on any atom is 0.337 e. The topological polar surface area (TPSA) is 149 Å². The maximum absolute atomic E-state index is 12.5. The van der Waals surface area contributed by atoms with Crippen LogP contribution >= 0.6 is 0 Å². The number of fused-ring (bicyclic) bond motifs is 1. The second-order valence-corrected chi connectivity index (χ2v) is 11.8. The van der Waals surface area contributed by atoms with Crippen molar-refractivity contribution < 1.29 is 38.4 Å². The first kappa shape index (κ1) is 37.3. The molecule has 2 amide bonds. The van der Waals surface area contributed by atoms with Crippen molar-refractivity contribution in [3.05, 3.63) is 119 Å². The van der Waals surface area contributed by atoms with Gasteiger partial charge in [-0.2, -0.15) is 5.10 Å². The van der Waals surface area contributed by atoms with E-state index >= 15 is 0 Å². The Morgan fingerprint density at radius 3 is 2.50 bits per heavy atom. The number of carbonyl (C=O) groups is 2. The second-order valence-electron chi connectivity index (χ2n) is 11.8. The van der Waals surface area contributed by atoms with E-state index in [1.54, 1.807) is 37.4 Å². The van der Waals surface area contributed by atoms with Crippen molar-refractivity contribution in [2.45, 2.75) is 46.1 Å². The first-order chi connectivity index (χ1) is 25.3. The van der Waals surface area contributed by atoms with E-state index in [-0.39, 0.29) is 12.2 Å². The van der Waals surface area contributed by atoms with Gasteiger partial charge >= 0.3 is 12.0 Å². The van der Waals surface area contributed by atoms with E-state index in [1.807, 2.05) is 44.2 Å². The van der Waals surface area contributed by atoms with Gasteiger partial charge in [0, 0.05) is 11.3 Å². The van der Waals surface area contributed by atoms with Crippen molar-refractivity contribution in [3.63, 3.8) is 0 Å². The van der Waals surface area contributed by atoms with Crippen LogP contribution in [0.1, 0.15) is 49.1 Å². The first-order valence-electron chi connectivity index (χ1n) is 17.0. The summed E-state index contributed by atoms with van der Waals surface area (Å²) >= 11 is 0. The standard InChI is InChI=1S/C40H44N4O8/c1-6-12-29-19-26(20-34(50-8-3)38(29)52-23-30-15-11-14-27-13-9-10-16-31(27)30)22-41-44-35(45)24-51-32-18-17-28(21-33(32)49-7-2)37-36(39(46)48-5)25(4)42-40(47)43-37/h6,9-11,13-22,35,37,44-45H,1,7-8,12,23-24H2,2-5H3,(H2,42,43,47)/b41-22-/t35-,37+/m1/s1. The Balaban J connectivity index is 1.26. The average Bonchev–Trinajstić information content (AvgIpc) is 3.13. The quantitative estimate of drug-likeness (QED) is 0.0337. The molecule has 2 atom stereocenters. The summed E-state index contributed by atoms with van der Waals surface area (Å²) in [6, 6.07) is 21.9. The van der Waals surface area contributed by atoms with Gasteiger partial charge in [-0.05, 0) is 78.9 Å². The zero-order valence-electron chi connectivity index (χ0n) is 29.7. The second kappa shape index (κ2) is 17.8. The van der Waals surface area contributed by atoms with E-state index in [0.717, 1.165) is 27.5 Å². The van der Waals surface area contributed by atoms with Gasteiger partial charge in [0.1, 0.15) is 13.2 Å². The average molecular weight is 709 g/mol. The Labute approximate surface area is 303 Å². The Hall–Kier alpha value is -6.01. The Morgan fingerprint density at radius 1 is 0.962 bits per heavy atom. The summed E-state index contributed by atoms with van der Waals surface area (Å²) in [5.74, 6) is 1.36. The zero-order valence-corrected chi connectivity index (χ0v) is 29.7. The highest BCUT2D eigenvalue weighted by Crippen LogP contribution is 2.36. The molecule has 12 nitrogen and oxygen atoms in total. The monoisotopic (exact) mass is 708 g/mol. The van der Waals surface area contributed by atoms with Crippen LogP contribution < -0.4 is 35.0 Å². The number of benzene rings is 4. The van der Waals surface area contributed by atoms with Gasteiger partial charge in [-0.25, -0.2) is 9.59 Å². The number of carbonyl (C=O) groups excluding carboxylic acids is 2. The largest absolute Gasteiger partial charge is 0.490 e. The summed E-state index contributed by atoms with van der Waals surface area (Å²) in [6.45, 7) is 10.2. The Kier molecular flexibility index (Phi) is 12.7. The number of hydrogen-bond donors (Lipinski definition) is 4. The van der Waals surface area contributed by atoms with Crippen LogP contribution in [0.15, 0.2) is 102 Å². The predicted octanol–water partition coefficient (Wildman–Crippen LogP) is 6.07. The summed E-state index contributed by atoms with van der Waals surface area (Å²) in [5, 5.41) is 22.5. The number of urea groups is 1. The van der Waals surface area contributed by atoms with Crippen LogP contribution in [0.3, 0.4) is 0 Å². The van der Waals surface area contributed by atoms with Crippen LogP contribution in [-0.2, 0) is 22.6 Å². The molecule has 4 N–H and O–H groups in total. The number of aliphatic hydroxyl groups excluding tert-OH is 1. The Bertz CT molecular complexity index is 1970. The van der Waals surface area contributed by atoms with Crippen LogP contribution in [0.25, 0.3) is 10.8 Å². The highest BCUT2D eigenvalue weighted by molar-refractivity contribution is 5.95. The molecule has 272 valence electrons. The van der Waals surface area contributed by atoms with Crippen LogP contribution in [0.4, 0.5) is 4.79 Å². The Morgan fingerprint density at radius 2 is 1.73 bits per heavy atom. The minimum Gasteiger partial charge on any atom is -0.490 e. The third-order valence-corrected chi connectivity index (χ3v) is 8.18. The number of amides is 2. The van der Waals surface area contributed by atoms with Gasteiger partial charge in [-0.3, -0.25) is 5.43 Å². The maximum atomic E-state index is 12.5. The van der Waals surface area contributed by atoms with E-state index in [2.05, 4.69) is 52.0 Å². The number of nitrogens with zero attached hydrogens (tertiary/aromatic N) is 1.